The van der Waals surface area contributed by atoms with Crippen molar-refractivity contribution in [2.45, 2.75) is 13.3 Å². The first kappa shape index (κ1) is 7.87. The molecule has 0 amide bonds. The molecule has 1 unspecified atom stereocenters. The Balaban J connectivity index is 2.48. The van der Waals surface area contributed by atoms with E-state index in [9.17, 15) is 0 Å². The summed E-state index contributed by atoms with van der Waals surface area (Å²) in [5, 5.41) is 5.21. The highest BCUT2D eigenvalue weighted by atomic mass is 35.5. The van der Waals surface area contributed by atoms with Crippen molar-refractivity contribution >= 4 is 17.7 Å². The van der Waals surface area contributed by atoms with Gasteiger partial charge in [0.2, 0.25) is 0 Å². The SMILES string of the molecule is CC1Cc2cn(C)nc2C=C1Cl. The van der Waals surface area contributed by atoms with Crippen molar-refractivity contribution in [1.29, 1.82) is 0 Å². The van der Waals surface area contributed by atoms with Crippen LogP contribution in [0.2, 0.25) is 0 Å². The molecule has 0 fully saturated rings. The van der Waals surface area contributed by atoms with Gasteiger partial charge in [-0.15, -0.1) is 0 Å². The minimum absolute atomic E-state index is 0.448. The number of aromatic nitrogens is 2. The molecule has 1 aromatic heterocycles. The molecule has 0 saturated carbocycles. The second-order valence-corrected chi connectivity index (χ2v) is 3.78. The topological polar surface area (TPSA) is 17.8 Å². The Morgan fingerprint density at radius 2 is 2.42 bits per heavy atom. The average molecular weight is 183 g/mol. The van der Waals surface area contributed by atoms with Crippen molar-refractivity contribution in [1.82, 2.24) is 9.78 Å². The quantitative estimate of drug-likeness (QED) is 0.602. The molecule has 64 valence electrons. The lowest BCUT2D eigenvalue weighted by molar-refractivity contribution is 0.703. The van der Waals surface area contributed by atoms with Gasteiger partial charge in [0.1, 0.15) is 0 Å². The molecular formula is C9H11ClN2. The average Bonchev–Trinajstić information content (AvgIpc) is 2.30. The minimum atomic E-state index is 0.448. The van der Waals surface area contributed by atoms with Gasteiger partial charge in [-0.05, 0) is 24.0 Å². The number of fused-ring (bicyclic) bond motifs is 1. The maximum Gasteiger partial charge on any atom is 0.0894 e. The van der Waals surface area contributed by atoms with Crippen LogP contribution in [0.3, 0.4) is 0 Å². The summed E-state index contributed by atoms with van der Waals surface area (Å²) in [6.45, 7) is 2.13. The van der Waals surface area contributed by atoms with Crippen LogP contribution in [-0.4, -0.2) is 9.78 Å². The first-order chi connectivity index (χ1) is 5.66. The molecule has 12 heavy (non-hydrogen) atoms. The molecule has 0 N–H and O–H groups in total. The molecule has 1 heterocycles. The lowest BCUT2D eigenvalue weighted by Gasteiger charge is -2.13. The van der Waals surface area contributed by atoms with E-state index in [4.69, 9.17) is 11.6 Å². The highest BCUT2D eigenvalue weighted by molar-refractivity contribution is 6.31. The fourth-order valence-corrected chi connectivity index (χ4v) is 1.71. The van der Waals surface area contributed by atoms with Gasteiger partial charge >= 0.3 is 0 Å². The normalized spacial score (nSPS) is 21.9. The smallest absolute Gasteiger partial charge is 0.0894 e. The number of halogens is 1. The van der Waals surface area contributed by atoms with E-state index < -0.39 is 0 Å². The standard InChI is InChI=1S/C9H11ClN2/c1-6-3-7-5-12(2)11-9(7)4-8(6)10/h4-6H,3H2,1-2H3. The van der Waals surface area contributed by atoms with Gasteiger partial charge in [-0.3, -0.25) is 4.68 Å². The Bertz CT molecular complexity index is 338. The van der Waals surface area contributed by atoms with Crippen LogP contribution in [0, 0.1) is 5.92 Å². The number of rotatable bonds is 0. The molecule has 1 aliphatic carbocycles. The Labute approximate surface area is 76.8 Å². The largest absolute Gasteiger partial charge is 0.275 e. The van der Waals surface area contributed by atoms with Crippen molar-refractivity contribution in [2.75, 3.05) is 0 Å². The number of hydrogen-bond acceptors (Lipinski definition) is 1. The van der Waals surface area contributed by atoms with Crippen LogP contribution in [0.1, 0.15) is 18.2 Å². The van der Waals surface area contributed by atoms with Crippen molar-refractivity contribution in [2.24, 2.45) is 13.0 Å². The molecule has 0 radical (unpaired) electrons. The third-order valence-corrected chi connectivity index (χ3v) is 2.69. The molecule has 0 bridgehead atoms. The van der Waals surface area contributed by atoms with Crippen LogP contribution >= 0.6 is 11.6 Å². The molecular weight excluding hydrogens is 172 g/mol. The fraction of sp³-hybridized carbons (Fsp3) is 0.444. The van der Waals surface area contributed by atoms with E-state index in [0.29, 0.717) is 5.92 Å². The van der Waals surface area contributed by atoms with E-state index >= 15 is 0 Å². The van der Waals surface area contributed by atoms with E-state index in [1.165, 1.54) is 5.56 Å². The van der Waals surface area contributed by atoms with Gasteiger partial charge in [0, 0.05) is 18.3 Å². The van der Waals surface area contributed by atoms with Crippen LogP contribution in [0.5, 0.6) is 0 Å². The molecule has 0 spiro atoms. The van der Waals surface area contributed by atoms with E-state index in [2.05, 4.69) is 18.2 Å². The second kappa shape index (κ2) is 2.63. The maximum atomic E-state index is 6.02. The zero-order chi connectivity index (χ0) is 8.72. The zero-order valence-electron chi connectivity index (χ0n) is 7.21. The summed E-state index contributed by atoms with van der Waals surface area (Å²) < 4.78 is 1.84. The molecule has 3 heteroatoms. The first-order valence-electron chi connectivity index (χ1n) is 4.06. The van der Waals surface area contributed by atoms with E-state index in [-0.39, 0.29) is 0 Å². The maximum absolute atomic E-state index is 6.02. The van der Waals surface area contributed by atoms with Crippen molar-refractivity contribution in [3.63, 3.8) is 0 Å². The molecule has 0 aliphatic heterocycles. The molecule has 2 rings (SSSR count). The van der Waals surface area contributed by atoms with Crippen LogP contribution in [-0.2, 0) is 13.5 Å². The molecule has 1 atom stereocenters. The summed E-state index contributed by atoms with van der Waals surface area (Å²) in [5.41, 5.74) is 2.33. The lowest BCUT2D eigenvalue weighted by atomic mass is 9.95. The van der Waals surface area contributed by atoms with Gasteiger partial charge in [0.25, 0.3) is 0 Å². The monoisotopic (exact) mass is 182 g/mol. The van der Waals surface area contributed by atoms with Crippen molar-refractivity contribution < 1.29 is 0 Å². The second-order valence-electron chi connectivity index (χ2n) is 3.35. The minimum Gasteiger partial charge on any atom is -0.275 e. The molecule has 0 saturated heterocycles. The summed E-state index contributed by atoms with van der Waals surface area (Å²) in [5.74, 6) is 0.448. The van der Waals surface area contributed by atoms with Gasteiger partial charge < -0.3 is 0 Å². The highest BCUT2D eigenvalue weighted by Gasteiger charge is 2.18. The summed E-state index contributed by atoms with van der Waals surface area (Å²) in [4.78, 5) is 0. The number of aryl methyl sites for hydroxylation is 1. The lowest BCUT2D eigenvalue weighted by Crippen LogP contribution is -2.04. The molecule has 2 nitrogen and oxygen atoms in total. The zero-order valence-corrected chi connectivity index (χ0v) is 7.97. The Hall–Kier alpha value is -0.760. The van der Waals surface area contributed by atoms with Crippen LogP contribution in [0.15, 0.2) is 11.2 Å². The summed E-state index contributed by atoms with van der Waals surface area (Å²) in [6.07, 6.45) is 5.04. The Morgan fingerprint density at radius 3 is 3.17 bits per heavy atom. The van der Waals surface area contributed by atoms with Crippen LogP contribution in [0.4, 0.5) is 0 Å². The Kier molecular flexibility index (Phi) is 1.72. The Morgan fingerprint density at radius 1 is 1.67 bits per heavy atom. The summed E-state index contributed by atoms with van der Waals surface area (Å²) in [7, 11) is 1.94. The predicted octanol–water partition coefficient (Wildman–Crippen LogP) is 2.19. The fourth-order valence-electron chi connectivity index (χ4n) is 1.53. The van der Waals surface area contributed by atoms with Crippen LogP contribution < -0.4 is 0 Å². The van der Waals surface area contributed by atoms with Crippen molar-refractivity contribution in [3.8, 4) is 0 Å². The molecule has 1 aliphatic rings. The van der Waals surface area contributed by atoms with E-state index in [1.807, 2.05) is 17.8 Å². The first-order valence-corrected chi connectivity index (χ1v) is 4.44. The van der Waals surface area contributed by atoms with Crippen molar-refractivity contribution in [3.05, 3.63) is 22.5 Å². The van der Waals surface area contributed by atoms with Gasteiger partial charge in [-0.25, -0.2) is 0 Å². The van der Waals surface area contributed by atoms with Crippen LogP contribution in [0.25, 0.3) is 6.08 Å². The van der Waals surface area contributed by atoms with Gasteiger partial charge in [0.05, 0.1) is 5.69 Å². The van der Waals surface area contributed by atoms with Gasteiger partial charge in [-0.2, -0.15) is 5.10 Å². The summed E-state index contributed by atoms with van der Waals surface area (Å²) >= 11 is 6.02. The highest BCUT2D eigenvalue weighted by Crippen LogP contribution is 2.29. The summed E-state index contributed by atoms with van der Waals surface area (Å²) in [6, 6.07) is 0. The van der Waals surface area contributed by atoms with Gasteiger partial charge in [-0.1, -0.05) is 18.5 Å². The molecule has 0 aromatic carbocycles. The third kappa shape index (κ3) is 1.16. The molecule has 1 aromatic rings. The van der Waals surface area contributed by atoms with E-state index in [1.54, 1.807) is 0 Å². The third-order valence-electron chi connectivity index (χ3n) is 2.21. The number of hydrogen-bond donors (Lipinski definition) is 0. The van der Waals surface area contributed by atoms with E-state index in [0.717, 1.165) is 17.1 Å². The predicted molar refractivity (Wildman–Crippen MR) is 49.9 cm³/mol. The van der Waals surface area contributed by atoms with Gasteiger partial charge in [0.15, 0.2) is 0 Å². The number of nitrogens with zero attached hydrogens (tertiary/aromatic N) is 2. The number of allylic oxidation sites excluding steroid dienone is 1.